The quantitative estimate of drug-likeness (QED) is 0.919. The Balaban J connectivity index is 0.00000264. The highest BCUT2D eigenvalue weighted by atomic mass is 35.5. The summed E-state index contributed by atoms with van der Waals surface area (Å²) >= 11 is 0. The molecule has 4 nitrogen and oxygen atoms in total. The number of hydrogen-bond donors (Lipinski definition) is 1. The zero-order valence-corrected chi connectivity index (χ0v) is 15.4. The maximum Gasteiger partial charge on any atom is 0.263 e. The van der Waals surface area contributed by atoms with E-state index in [4.69, 9.17) is 4.74 Å². The Bertz CT molecular complexity index is 489. The summed E-state index contributed by atoms with van der Waals surface area (Å²) in [5.41, 5.74) is 1.39. The number of halogens is 1. The topological polar surface area (TPSA) is 41.6 Å². The minimum Gasteiger partial charge on any atom is -0.481 e. The minimum atomic E-state index is -0.446. The molecule has 1 unspecified atom stereocenters. The smallest absolute Gasteiger partial charge is 0.263 e. The van der Waals surface area contributed by atoms with Gasteiger partial charge in [0.25, 0.3) is 5.91 Å². The van der Waals surface area contributed by atoms with Gasteiger partial charge in [-0.3, -0.25) is 4.79 Å². The van der Waals surface area contributed by atoms with Crippen molar-refractivity contribution in [2.24, 2.45) is 0 Å². The highest BCUT2D eigenvalue weighted by molar-refractivity contribution is 5.85. The zero-order chi connectivity index (χ0) is 16.2. The van der Waals surface area contributed by atoms with Gasteiger partial charge < -0.3 is 15.0 Å². The zero-order valence-electron chi connectivity index (χ0n) is 14.6. The first-order valence-corrected chi connectivity index (χ1v) is 8.14. The third-order valence-electron chi connectivity index (χ3n) is 4.03. The average molecular weight is 341 g/mol. The third kappa shape index (κ3) is 5.70. The normalized spacial score (nSPS) is 17.0. The molecule has 0 spiro atoms. The molecular weight excluding hydrogens is 312 g/mol. The molecule has 1 heterocycles. The first-order chi connectivity index (χ1) is 10.4. The van der Waals surface area contributed by atoms with Gasteiger partial charge in [-0.25, -0.2) is 0 Å². The molecule has 1 aromatic carbocycles. The fourth-order valence-corrected chi connectivity index (χ4v) is 2.61. The maximum absolute atomic E-state index is 12.5. The molecule has 23 heavy (non-hydrogen) atoms. The first kappa shape index (κ1) is 19.8. The van der Waals surface area contributed by atoms with E-state index in [0.29, 0.717) is 0 Å². The highest BCUT2D eigenvalue weighted by Crippen LogP contribution is 2.24. The van der Waals surface area contributed by atoms with E-state index in [2.05, 4.69) is 38.2 Å². The summed E-state index contributed by atoms with van der Waals surface area (Å²) in [7, 11) is 0. The lowest BCUT2D eigenvalue weighted by molar-refractivity contribution is -0.137. The fraction of sp³-hybridized carbons (Fsp3) is 0.611. The summed E-state index contributed by atoms with van der Waals surface area (Å²) in [5, 5.41) is 3.31. The summed E-state index contributed by atoms with van der Waals surface area (Å²) < 4.78 is 5.83. The van der Waals surface area contributed by atoms with Crippen LogP contribution in [0.5, 0.6) is 5.75 Å². The second kappa shape index (κ2) is 8.55. The molecule has 1 aliphatic heterocycles. The van der Waals surface area contributed by atoms with Gasteiger partial charge in [0, 0.05) is 19.6 Å². The van der Waals surface area contributed by atoms with Crippen LogP contribution in [0.25, 0.3) is 0 Å². The van der Waals surface area contributed by atoms with Crippen LogP contribution in [-0.2, 0) is 10.2 Å². The molecule has 1 aromatic rings. The second-order valence-corrected chi connectivity index (χ2v) is 6.96. The van der Waals surface area contributed by atoms with Crippen molar-refractivity contribution in [2.45, 2.75) is 45.6 Å². The average Bonchev–Trinajstić information content (AvgIpc) is 2.75. The van der Waals surface area contributed by atoms with E-state index in [1.165, 1.54) is 5.56 Å². The molecule has 0 bridgehead atoms. The van der Waals surface area contributed by atoms with Crippen LogP contribution in [0.4, 0.5) is 0 Å². The maximum atomic E-state index is 12.5. The van der Waals surface area contributed by atoms with E-state index in [9.17, 15) is 4.79 Å². The van der Waals surface area contributed by atoms with Crippen LogP contribution in [-0.4, -0.2) is 43.1 Å². The number of carbonyl (C=O) groups is 1. The van der Waals surface area contributed by atoms with E-state index < -0.39 is 6.10 Å². The molecular formula is C18H29ClN2O2. The van der Waals surface area contributed by atoms with Crippen LogP contribution in [0.2, 0.25) is 0 Å². The van der Waals surface area contributed by atoms with Crippen molar-refractivity contribution in [3.05, 3.63) is 29.8 Å². The van der Waals surface area contributed by atoms with E-state index in [1.54, 1.807) is 0 Å². The van der Waals surface area contributed by atoms with Gasteiger partial charge in [-0.15, -0.1) is 12.4 Å². The molecule has 2 rings (SSSR count). The van der Waals surface area contributed by atoms with Crippen LogP contribution in [0.3, 0.4) is 0 Å². The summed E-state index contributed by atoms with van der Waals surface area (Å²) in [6.45, 7) is 11.8. The van der Waals surface area contributed by atoms with Crippen LogP contribution in [0.1, 0.15) is 39.7 Å². The summed E-state index contributed by atoms with van der Waals surface area (Å²) in [5.74, 6) is 0.824. The molecule has 1 atom stereocenters. The van der Waals surface area contributed by atoms with Gasteiger partial charge in [0.05, 0.1) is 0 Å². The van der Waals surface area contributed by atoms with Gasteiger partial charge in [0.2, 0.25) is 0 Å². The number of amides is 1. The summed E-state index contributed by atoms with van der Waals surface area (Å²) in [4.78, 5) is 14.4. The minimum absolute atomic E-state index is 0. The van der Waals surface area contributed by atoms with Gasteiger partial charge >= 0.3 is 0 Å². The van der Waals surface area contributed by atoms with Crippen molar-refractivity contribution in [3.63, 3.8) is 0 Å². The van der Waals surface area contributed by atoms with Crippen LogP contribution < -0.4 is 10.1 Å². The van der Waals surface area contributed by atoms with Crippen molar-refractivity contribution in [2.75, 3.05) is 26.2 Å². The molecule has 5 heteroatoms. The molecule has 0 saturated carbocycles. The highest BCUT2D eigenvalue weighted by Gasteiger charge is 2.23. The Labute approximate surface area is 146 Å². The molecule has 1 amide bonds. The Morgan fingerprint density at radius 3 is 2.43 bits per heavy atom. The number of ether oxygens (including phenoxy) is 1. The van der Waals surface area contributed by atoms with E-state index in [0.717, 1.165) is 38.3 Å². The van der Waals surface area contributed by atoms with Crippen molar-refractivity contribution in [1.82, 2.24) is 10.2 Å². The van der Waals surface area contributed by atoms with Gasteiger partial charge in [-0.05, 0) is 43.0 Å². The molecule has 0 aromatic heterocycles. The monoisotopic (exact) mass is 340 g/mol. The largest absolute Gasteiger partial charge is 0.481 e. The molecule has 1 saturated heterocycles. The van der Waals surface area contributed by atoms with Gasteiger partial charge in [-0.2, -0.15) is 0 Å². The Kier molecular flexibility index (Phi) is 7.36. The van der Waals surface area contributed by atoms with Gasteiger partial charge in [0.1, 0.15) is 5.75 Å². The van der Waals surface area contributed by atoms with Gasteiger partial charge in [-0.1, -0.05) is 32.9 Å². The fourth-order valence-electron chi connectivity index (χ4n) is 2.61. The molecule has 0 radical (unpaired) electrons. The lowest BCUT2D eigenvalue weighted by atomic mass is 9.87. The van der Waals surface area contributed by atoms with E-state index in [-0.39, 0.29) is 23.7 Å². The van der Waals surface area contributed by atoms with Crippen LogP contribution in [0.15, 0.2) is 24.3 Å². The Hall–Kier alpha value is -1.26. The van der Waals surface area contributed by atoms with Crippen molar-refractivity contribution < 1.29 is 9.53 Å². The number of rotatable bonds is 3. The number of nitrogens with one attached hydrogen (secondary N) is 1. The lowest BCUT2D eigenvalue weighted by Gasteiger charge is -2.24. The molecule has 1 aliphatic rings. The third-order valence-corrected chi connectivity index (χ3v) is 4.03. The van der Waals surface area contributed by atoms with Gasteiger partial charge in [0.15, 0.2) is 6.10 Å². The molecule has 1 fully saturated rings. The molecule has 1 N–H and O–H groups in total. The first-order valence-electron chi connectivity index (χ1n) is 8.14. The van der Waals surface area contributed by atoms with Crippen molar-refractivity contribution >= 4 is 18.3 Å². The number of benzene rings is 1. The summed E-state index contributed by atoms with van der Waals surface area (Å²) in [6.07, 6.45) is 0.553. The standard InChI is InChI=1S/C18H28N2O2.ClH/c1-14(17(21)20-12-5-10-19-11-13-20)22-16-8-6-15(7-9-16)18(2,3)4;/h6-9,14,19H,5,10-13H2,1-4H3;1H. The Morgan fingerprint density at radius 1 is 1.17 bits per heavy atom. The van der Waals surface area contributed by atoms with Crippen molar-refractivity contribution in [1.29, 1.82) is 0 Å². The number of nitrogens with zero attached hydrogens (tertiary/aromatic N) is 1. The Morgan fingerprint density at radius 2 is 1.83 bits per heavy atom. The number of carbonyl (C=O) groups excluding carboxylic acids is 1. The second-order valence-electron chi connectivity index (χ2n) is 6.96. The SMILES string of the molecule is CC(Oc1ccc(C(C)(C)C)cc1)C(=O)N1CCCNCC1.Cl. The van der Waals surface area contributed by atoms with Crippen LogP contribution >= 0.6 is 12.4 Å². The lowest BCUT2D eigenvalue weighted by Crippen LogP contribution is -2.42. The predicted octanol–water partition coefficient (Wildman–Crippen LogP) is 3.00. The summed E-state index contributed by atoms with van der Waals surface area (Å²) in [6, 6.07) is 8.05. The predicted molar refractivity (Wildman–Crippen MR) is 96.5 cm³/mol. The van der Waals surface area contributed by atoms with E-state index in [1.807, 2.05) is 24.0 Å². The number of hydrogen-bond acceptors (Lipinski definition) is 3. The van der Waals surface area contributed by atoms with Crippen LogP contribution in [0, 0.1) is 0 Å². The molecule has 0 aliphatic carbocycles. The van der Waals surface area contributed by atoms with E-state index >= 15 is 0 Å². The molecule has 130 valence electrons. The van der Waals surface area contributed by atoms with Crippen molar-refractivity contribution in [3.8, 4) is 5.75 Å².